The summed E-state index contributed by atoms with van der Waals surface area (Å²) in [6, 6.07) is 8.01. The first-order valence-electron chi connectivity index (χ1n) is 4.04. The standard InChI is InChI=1S/C10H9BrN2/c11-9-4-7-2-1-3-13-10(7)8(5-9)6-12/h1-5H,6,12H2. The lowest BCUT2D eigenvalue weighted by atomic mass is 10.1. The third kappa shape index (κ3) is 1.57. The first kappa shape index (κ1) is 8.66. The van der Waals surface area contributed by atoms with Crippen molar-refractivity contribution in [2.24, 2.45) is 5.73 Å². The molecule has 66 valence electrons. The second-order valence-electron chi connectivity index (χ2n) is 2.84. The van der Waals surface area contributed by atoms with Crippen LogP contribution in [0.2, 0.25) is 0 Å². The normalized spacial score (nSPS) is 10.6. The van der Waals surface area contributed by atoms with Crippen LogP contribution in [0.1, 0.15) is 5.56 Å². The van der Waals surface area contributed by atoms with E-state index < -0.39 is 0 Å². The molecule has 0 fully saturated rings. The summed E-state index contributed by atoms with van der Waals surface area (Å²) in [7, 11) is 0. The van der Waals surface area contributed by atoms with Crippen LogP contribution < -0.4 is 5.73 Å². The van der Waals surface area contributed by atoms with Gasteiger partial charge in [-0.2, -0.15) is 0 Å². The molecule has 0 aliphatic rings. The molecule has 0 radical (unpaired) electrons. The first-order valence-corrected chi connectivity index (χ1v) is 4.84. The van der Waals surface area contributed by atoms with Crippen LogP contribution in [0.25, 0.3) is 10.9 Å². The summed E-state index contributed by atoms with van der Waals surface area (Å²) in [6.45, 7) is 0.521. The molecule has 0 atom stereocenters. The van der Waals surface area contributed by atoms with Gasteiger partial charge in [0.2, 0.25) is 0 Å². The van der Waals surface area contributed by atoms with E-state index in [9.17, 15) is 0 Å². The third-order valence-electron chi connectivity index (χ3n) is 1.97. The molecular formula is C10H9BrN2. The third-order valence-corrected chi connectivity index (χ3v) is 2.43. The van der Waals surface area contributed by atoms with Gasteiger partial charge in [0.1, 0.15) is 0 Å². The molecule has 2 rings (SSSR count). The Morgan fingerprint density at radius 2 is 2.23 bits per heavy atom. The number of nitrogens with two attached hydrogens (primary N) is 1. The summed E-state index contributed by atoms with van der Waals surface area (Å²) in [6.07, 6.45) is 1.79. The van der Waals surface area contributed by atoms with E-state index in [4.69, 9.17) is 5.73 Å². The highest BCUT2D eigenvalue weighted by Gasteiger charge is 2.01. The van der Waals surface area contributed by atoms with Crippen molar-refractivity contribution < 1.29 is 0 Å². The van der Waals surface area contributed by atoms with Crippen LogP contribution in [0.15, 0.2) is 34.9 Å². The lowest BCUT2D eigenvalue weighted by Crippen LogP contribution is -1.98. The Hall–Kier alpha value is -0.930. The Kier molecular flexibility index (Phi) is 2.29. The fourth-order valence-corrected chi connectivity index (χ4v) is 1.91. The molecule has 0 amide bonds. The van der Waals surface area contributed by atoms with Crippen LogP contribution >= 0.6 is 15.9 Å². The van der Waals surface area contributed by atoms with Gasteiger partial charge < -0.3 is 5.73 Å². The highest BCUT2D eigenvalue weighted by Crippen LogP contribution is 2.21. The predicted octanol–water partition coefficient (Wildman–Crippen LogP) is 2.46. The quantitative estimate of drug-likeness (QED) is 0.827. The van der Waals surface area contributed by atoms with E-state index in [0.717, 1.165) is 20.9 Å². The second-order valence-corrected chi connectivity index (χ2v) is 3.76. The molecule has 13 heavy (non-hydrogen) atoms. The number of nitrogens with zero attached hydrogens (tertiary/aromatic N) is 1. The maximum Gasteiger partial charge on any atom is 0.0747 e. The van der Waals surface area contributed by atoms with Crippen molar-refractivity contribution >= 4 is 26.8 Å². The van der Waals surface area contributed by atoms with Crippen molar-refractivity contribution in [1.82, 2.24) is 4.98 Å². The minimum Gasteiger partial charge on any atom is -0.326 e. The number of aromatic nitrogens is 1. The predicted molar refractivity (Wildman–Crippen MR) is 57.3 cm³/mol. The molecule has 0 unspecified atom stereocenters. The average molecular weight is 237 g/mol. The minimum atomic E-state index is 0.521. The smallest absolute Gasteiger partial charge is 0.0747 e. The van der Waals surface area contributed by atoms with Gasteiger partial charge >= 0.3 is 0 Å². The molecule has 0 saturated carbocycles. The number of pyridine rings is 1. The maximum absolute atomic E-state index is 5.62. The lowest BCUT2D eigenvalue weighted by Gasteiger charge is -2.03. The summed E-state index contributed by atoms with van der Waals surface area (Å²) in [5, 5.41) is 1.12. The minimum absolute atomic E-state index is 0.521. The Morgan fingerprint density at radius 1 is 1.38 bits per heavy atom. The fourth-order valence-electron chi connectivity index (χ4n) is 1.38. The zero-order valence-electron chi connectivity index (χ0n) is 7.00. The van der Waals surface area contributed by atoms with Crippen LogP contribution in [0.5, 0.6) is 0 Å². The second kappa shape index (κ2) is 3.44. The van der Waals surface area contributed by atoms with E-state index in [1.165, 1.54) is 0 Å². The molecule has 2 N–H and O–H groups in total. The van der Waals surface area contributed by atoms with Crippen molar-refractivity contribution in [3.8, 4) is 0 Å². The van der Waals surface area contributed by atoms with Gasteiger partial charge in [-0.25, -0.2) is 0 Å². The van der Waals surface area contributed by atoms with Gasteiger partial charge in [-0.1, -0.05) is 22.0 Å². The summed E-state index contributed by atoms with van der Waals surface area (Å²) >= 11 is 3.44. The summed E-state index contributed by atoms with van der Waals surface area (Å²) < 4.78 is 1.05. The van der Waals surface area contributed by atoms with Gasteiger partial charge in [0, 0.05) is 22.6 Å². The molecule has 3 heteroatoms. The molecule has 1 aromatic heterocycles. The van der Waals surface area contributed by atoms with Crippen molar-refractivity contribution in [3.05, 3.63) is 40.5 Å². The van der Waals surface area contributed by atoms with Crippen LogP contribution in [0, 0.1) is 0 Å². The Labute approximate surface area is 84.9 Å². The number of fused-ring (bicyclic) bond motifs is 1. The summed E-state index contributed by atoms with van der Waals surface area (Å²) in [5.41, 5.74) is 7.69. The molecule has 0 aliphatic heterocycles. The van der Waals surface area contributed by atoms with E-state index in [1.807, 2.05) is 24.3 Å². The number of benzene rings is 1. The monoisotopic (exact) mass is 236 g/mol. The van der Waals surface area contributed by atoms with Crippen molar-refractivity contribution in [2.75, 3.05) is 0 Å². The first-order chi connectivity index (χ1) is 6.31. The number of rotatable bonds is 1. The van der Waals surface area contributed by atoms with Crippen molar-refractivity contribution in [3.63, 3.8) is 0 Å². The highest BCUT2D eigenvalue weighted by atomic mass is 79.9. The molecule has 2 aromatic rings. The molecule has 0 aliphatic carbocycles. The zero-order valence-corrected chi connectivity index (χ0v) is 8.58. The zero-order chi connectivity index (χ0) is 9.26. The Bertz CT molecular complexity index is 440. The van der Waals surface area contributed by atoms with E-state index in [2.05, 4.69) is 20.9 Å². The van der Waals surface area contributed by atoms with Crippen LogP contribution in [0.3, 0.4) is 0 Å². The highest BCUT2D eigenvalue weighted by molar-refractivity contribution is 9.10. The largest absolute Gasteiger partial charge is 0.326 e. The Balaban J connectivity index is 2.81. The van der Waals surface area contributed by atoms with Gasteiger partial charge in [0.25, 0.3) is 0 Å². The van der Waals surface area contributed by atoms with Crippen LogP contribution in [-0.2, 0) is 6.54 Å². The number of halogens is 1. The summed E-state index contributed by atoms with van der Waals surface area (Å²) in [5.74, 6) is 0. The van der Waals surface area contributed by atoms with Gasteiger partial charge in [0.05, 0.1) is 5.52 Å². The molecule has 0 saturated heterocycles. The van der Waals surface area contributed by atoms with Crippen LogP contribution in [-0.4, -0.2) is 4.98 Å². The molecule has 0 bridgehead atoms. The van der Waals surface area contributed by atoms with Crippen molar-refractivity contribution in [2.45, 2.75) is 6.54 Å². The molecule has 0 spiro atoms. The fraction of sp³-hybridized carbons (Fsp3) is 0.100. The van der Waals surface area contributed by atoms with Gasteiger partial charge in [-0.15, -0.1) is 0 Å². The molecular weight excluding hydrogens is 228 g/mol. The van der Waals surface area contributed by atoms with Gasteiger partial charge in [-0.05, 0) is 23.8 Å². The van der Waals surface area contributed by atoms with E-state index >= 15 is 0 Å². The molecule has 1 aromatic carbocycles. The molecule has 1 heterocycles. The lowest BCUT2D eigenvalue weighted by molar-refractivity contribution is 1.07. The van der Waals surface area contributed by atoms with E-state index in [-0.39, 0.29) is 0 Å². The van der Waals surface area contributed by atoms with E-state index in [1.54, 1.807) is 6.20 Å². The SMILES string of the molecule is NCc1cc(Br)cc2cccnc12. The number of hydrogen-bond acceptors (Lipinski definition) is 2. The van der Waals surface area contributed by atoms with Crippen molar-refractivity contribution in [1.29, 1.82) is 0 Å². The topological polar surface area (TPSA) is 38.9 Å². The van der Waals surface area contributed by atoms with E-state index in [0.29, 0.717) is 6.54 Å². The molecule has 2 nitrogen and oxygen atoms in total. The maximum atomic E-state index is 5.62. The Morgan fingerprint density at radius 3 is 3.00 bits per heavy atom. The summed E-state index contributed by atoms with van der Waals surface area (Å²) in [4.78, 5) is 4.29. The average Bonchev–Trinajstić information content (AvgIpc) is 2.16. The number of hydrogen-bond donors (Lipinski definition) is 1. The van der Waals surface area contributed by atoms with Gasteiger partial charge in [-0.3, -0.25) is 4.98 Å². The van der Waals surface area contributed by atoms with Crippen LogP contribution in [0.4, 0.5) is 0 Å². The van der Waals surface area contributed by atoms with Gasteiger partial charge in [0.15, 0.2) is 0 Å².